The monoisotopic (exact) mass is 698 g/mol. The minimum Gasteiger partial charge on any atom is -0.491 e. The fourth-order valence-corrected chi connectivity index (χ4v) is 5.70. The zero-order chi connectivity index (χ0) is 36.3. The molecule has 274 valence electrons. The fraction of sp³-hybridized carbons (Fsp3) is 0.442. The first-order valence-corrected chi connectivity index (χ1v) is 18.0. The van der Waals surface area contributed by atoms with Crippen molar-refractivity contribution in [1.29, 1.82) is 0 Å². The van der Waals surface area contributed by atoms with E-state index in [1.807, 2.05) is 60.7 Å². The SMILES string of the molecule is CCCCOCC(O)COc1ccc(C(C)(C)c2ccc(OCC(O)COc3ccc(C(C)(C)c4ccc(OCC5CO5)cc4)cc3)cc2)cc1. The maximum Gasteiger partial charge on any atom is 0.122 e. The Labute approximate surface area is 303 Å². The molecule has 0 radical (unpaired) electrons. The predicted octanol–water partition coefficient (Wildman–Crippen LogP) is 7.49. The molecule has 1 fully saturated rings. The van der Waals surface area contributed by atoms with Gasteiger partial charge < -0.3 is 38.6 Å². The van der Waals surface area contributed by atoms with Crippen molar-refractivity contribution in [2.24, 2.45) is 0 Å². The highest BCUT2D eigenvalue weighted by molar-refractivity contribution is 5.43. The van der Waals surface area contributed by atoms with Gasteiger partial charge >= 0.3 is 0 Å². The molecule has 0 spiro atoms. The van der Waals surface area contributed by atoms with E-state index in [0.29, 0.717) is 30.5 Å². The normalized spacial score (nSPS) is 15.5. The Bertz CT molecular complexity index is 1590. The molecule has 0 saturated carbocycles. The Hall–Kier alpha value is -4.08. The summed E-state index contributed by atoms with van der Waals surface area (Å²) in [4.78, 5) is 0. The van der Waals surface area contributed by atoms with Crippen molar-refractivity contribution < 1.29 is 38.6 Å². The summed E-state index contributed by atoms with van der Waals surface area (Å²) in [6.45, 7) is 13.6. The van der Waals surface area contributed by atoms with Crippen LogP contribution in [0.25, 0.3) is 0 Å². The second-order valence-electron chi connectivity index (χ2n) is 14.3. The Balaban J connectivity index is 1.04. The van der Waals surface area contributed by atoms with E-state index >= 15 is 0 Å². The Morgan fingerprint density at radius 2 is 0.902 bits per heavy atom. The van der Waals surface area contributed by atoms with E-state index < -0.39 is 12.2 Å². The third-order valence-corrected chi connectivity index (χ3v) is 9.42. The third kappa shape index (κ3) is 11.2. The van der Waals surface area contributed by atoms with Crippen molar-refractivity contribution in [3.05, 3.63) is 119 Å². The number of aliphatic hydroxyl groups is 2. The molecule has 3 atom stereocenters. The molecule has 0 amide bonds. The van der Waals surface area contributed by atoms with E-state index in [1.54, 1.807) is 0 Å². The molecule has 5 rings (SSSR count). The molecule has 0 bridgehead atoms. The number of epoxide rings is 1. The number of aliphatic hydroxyl groups excluding tert-OH is 2. The lowest BCUT2D eigenvalue weighted by Crippen LogP contribution is -2.25. The summed E-state index contributed by atoms with van der Waals surface area (Å²) >= 11 is 0. The highest BCUT2D eigenvalue weighted by Crippen LogP contribution is 2.35. The second kappa shape index (κ2) is 17.9. The van der Waals surface area contributed by atoms with E-state index in [0.717, 1.165) is 41.9 Å². The van der Waals surface area contributed by atoms with Gasteiger partial charge in [-0.05, 0) is 77.2 Å². The maximum absolute atomic E-state index is 10.6. The van der Waals surface area contributed by atoms with Gasteiger partial charge in [-0.25, -0.2) is 0 Å². The molecular weight excluding hydrogens is 644 g/mol. The zero-order valence-electron chi connectivity index (χ0n) is 30.7. The minimum absolute atomic E-state index is 0.113. The molecule has 8 nitrogen and oxygen atoms in total. The summed E-state index contributed by atoms with van der Waals surface area (Å²) in [5.41, 5.74) is 4.15. The van der Waals surface area contributed by atoms with Gasteiger partial charge in [0.2, 0.25) is 0 Å². The number of hydrogen-bond acceptors (Lipinski definition) is 8. The van der Waals surface area contributed by atoms with Gasteiger partial charge in [0.15, 0.2) is 0 Å². The molecule has 0 aromatic heterocycles. The Kier molecular flexibility index (Phi) is 13.4. The van der Waals surface area contributed by atoms with Gasteiger partial charge in [-0.1, -0.05) is 89.6 Å². The maximum atomic E-state index is 10.6. The molecule has 0 aliphatic carbocycles. The van der Waals surface area contributed by atoms with Crippen LogP contribution in [0.1, 0.15) is 69.7 Å². The van der Waals surface area contributed by atoms with E-state index in [-0.39, 0.29) is 43.4 Å². The van der Waals surface area contributed by atoms with Crippen LogP contribution in [0, 0.1) is 0 Å². The quantitative estimate of drug-likeness (QED) is 0.0683. The molecular formula is C43H54O8. The lowest BCUT2D eigenvalue weighted by atomic mass is 9.78. The van der Waals surface area contributed by atoms with Gasteiger partial charge in [-0.3, -0.25) is 0 Å². The minimum atomic E-state index is -0.792. The predicted molar refractivity (Wildman–Crippen MR) is 199 cm³/mol. The molecule has 2 N–H and O–H groups in total. The first-order valence-electron chi connectivity index (χ1n) is 18.0. The van der Waals surface area contributed by atoms with Crippen LogP contribution in [0.5, 0.6) is 23.0 Å². The van der Waals surface area contributed by atoms with Gasteiger partial charge in [-0.2, -0.15) is 0 Å². The Morgan fingerprint density at radius 3 is 1.24 bits per heavy atom. The second-order valence-corrected chi connectivity index (χ2v) is 14.3. The lowest BCUT2D eigenvalue weighted by molar-refractivity contribution is 0.0113. The topological polar surface area (TPSA) is 99.1 Å². The molecule has 1 aliphatic rings. The molecule has 1 aliphatic heterocycles. The summed E-state index contributed by atoms with van der Waals surface area (Å²) < 4.78 is 34.0. The van der Waals surface area contributed by atoms with Crippen LogP contribution in [0.4, 0.5) is 0 Å². The molecule has 8 heteroatoms. The summed E-state index contributed by atoms with van der Waals surface area (Å²) in [5, 5.41) is 20.7. The van der Waals surface area contributed by atoms with Crippen molar-refractivity contribution in [1.82, 2.24) is 0 Å². The third-order valence-electron chi connectivity index (χ3n) is 9.42. The van der Waals surface area contributed by atoms with Crippen molar-refractivity contribution in [2.75, 3.05) is 46.2 Å². The first-order chi connectivity index (χ1) is 24.5. The van der Waals surface area contributed by atoms with Crippen molar-refractivity contribution in [3.63, 3.8) is 0 Å². The van der Waals surface area contributed by atoms with Crippen molar-refractivity contribution in [2.45, 2.75) is 76.6 Å². The van der Waals surface area contributed by atoms with Gasteiger partial charge in [0.1, 0.15) is 67.7 Å². The molecule has 1 saturated heterocycles. The summed E-state index contributed by atoms with van der Waals surface area (Å²) in [7, 11) is 0. The van der Waals surface area contributed by atoms with E-state index in [1.165, 1.54) is 5.56 Å². The van der Waals surface area contributed by atoms with Gasteiger partial charge in [0, 0.05) is 17.4 Å². The molecule has 51 heavy (non-hydrogen) atoms. The summed E-state index contributed by atoms with van der Waals surface area (Å²) in [6.07, 6.45) is 0.836. The largest absolute Gasteiger partial charge is 0.491 e. The van der Waals surface area contributed by atoms with Crippen LogP contribution in [-0.4, -0.2) is 74.8 Å². The standard InChI is InChI=1S/C43H54O8/c1-6-7-24-46-25-35(44)26-47-37-16-8-31(9-17-37)42(2,3)32-10-18-38(19-11-32)48-27-36(45)28-49-39-20-12-33(13-21-39)43(4,5)34-14-22-40(23-15-34)50-29-41-30-51-41/h8-23,35-36,41,44-45H,6-7,24-30H2,1-5H3. The summed E-state index contributed by atoms with van der Waals surface area (Å²) in [6, 6.07) is 32.2. The van der Waals surface area contributed by atoms with E-state index in [2.05, 4.69) is 71.0 Å². The molecule has 4 aromatic rings. The van der Waals surface area contributed by atoms with E-state index in [9.17, 15) is 10.2 Å². The number of unbranched alkanes of at least 4 members (excludes halogenated alkanes) is 1. The number of ether oxygens (including phenoxy) is 6. The van der Waals surface area contributed by atoms with Gasteiger partial charge in [-0.15, -0.1) is 0 Å². The van der Waals surface area contributed by atoms with Crippen molar-refractivity contribution >= 4 is 0 Å². The summed E-state index contributed by atoms with van der Waals surface area (Å²) in [5.74, 6) is 2.92. The number of hydrogen-bond donors (Lipinski definition) is 2. The molecule has 1 heterocycles. The average molecular weight is 699 g/mol. The Morgan fingerprint density at radius 1 is 0.569 bits per heavy atom. The van der Waals surface area contributed by atoms with Crippen LogP contribution < -0.4 is 18.9 Å². The molecule has 4 aromatic carbocycles. The van der Waals surface area contributed by atoms with Crippen LogP contribution >= 0.6 is 0 Å². The van der Waals surface area contributed by atoms with Crippen LogP contribution in [0.3, 0.4) is 0 Å². The first kappa shape index (κ1) is 38.2. The molecule has 3 unspecified atom stereocenters. The highest BCUT2D eigenvalue weighted by atomic mass is 16.6. The van der Waals surface area contributed by atoms with Crippen LogP contribution in [0.2, 0.25) is 0 Å². The lowest BCUT2D eigenvalue weighted by Gasteiger charge is -2.27. The van der Waals surface area contributed by atoms with Gasteiger partial charge in [0.05, 0.1) is 13.2 Å². The number of rotatable bonds is 21. The van der Waals surface area contributed by atoms with Crippen molar-refractivity contribution in [3.8, 4) is 23.0 Å². The number of benzene rings is 4. The average Bonchev–Trinajstić information content (AvgIpc) is 3.99. The fourth-order valence-electron chi connectivity index (χ4n) is 5.70. The van der Waals surface area contributed by atoms with Crippen LogP contribution in [-0.2, 0) is 20.3 Å². The van der Waals surface area contributed by atoms with Gasteiger partial charge in [0.25, 0.3) is 0 Å². The zero-order valence-corrected chi connectivity index (χ0v) is 30.7. The van der Waals surface area contributed by atoms with Crippen LogP contribution in [0.15, 0.2) is 97.1 Å². The highest BCUT2D eigenvalue weighted by Gasteiger charge is 2.26. The smallest absolute Gasteiger partial charge is 0.122 e. The van der Waals surface area contributed by atoms with E-state index in [4.69, 9.17) is 28.4 Å².